The highest BCUT2D eigenvalue weighted by molar-refractivity contribution is 5.85. The molecule has 0 aliphatic carbocycles. The van der Waals surface area contributed by atoms with Crippen molar-refractivity contribution in [1.29, 1.82) is 0 Å². The van der Waals surface area contributed by atoms with Crippen LogP contribution in [-0.2, 0) is 11.3 Å². The van der Waals surface area contributed by atoms with Crippen molar-refractivity contribution in [2.45, 2.75) is 38.4 Å². The lowest BCUT2D eigenvalue weighted by atomic mass is 9.74. The number of fused-ring (bicyclic) bond motifs is 1. The quantitative estimate of drug-likeness (QED) is 0.202. The number of halogens is 4. The Hall–Kier alpha value is -3.23. The molecular weight excluding hydrogens is 562 g/mol. The first kappa shape index (κ1) is 31.2. The van der Waals surface area contributed by atoms with Gasteiger partial charge in [0.1, 0.15) is 17.7 Å². The molecule has 2 fully saturated rings. The minimum absolute atomic E-state index is 0.0570. The zero-order valence-electron chi connectivity index (χ0n) is 24.4. The molecule has 0 saturated carbocycles. The summed E-state index contributed by atoms with van der Waals surface area (Å²) in [6.45, 7) is 4.87. The van der Waals surface area contributed by atoms with Gasteiger partial charge in [-0.05, 0) is 74.0 Å². The van der Waals surface area contributed by atoms with Gasteiger partial charge in [-0.1, -0.05) is 11.8 Å². The molecular formula is C33H37F4N3O3. The molecule has 1 N–H and O–H groups in total. The van der Waals surface area contributed by atoms with Gasteiger partial charge in [0.15, 0.2) is 11.6 Å². The van der Waals surface area contributed by atoms with Crippen molar-refractivity contribution in [2.75, 3.05) is 59.7 Å². The van der Waals surface area contributed by atoms with E-state index in [1.165, 1.54) is 0 Å². The fourth-order valence-corrected chi connectivity index (χ4v) is 6.00. The maximum absolute atomic E-state index is 16.4. The summed E-state index contributed by atoms with van der Waals surface area (Å²) in [5.74, 6) is 2.64. The highest BCUT2D eigenvalue weighted by atomic mass is 19.2. The fourth-order valence-electron chi connectivity index (χ4n) is 6.00. The molecule has 0 amide bonds. The molecule has 43 heavy (non-hydrogen) atoms. The van der Waals surface area contributed by atoms with Crippen LogP contribution in [0.1, 0.15) is 48.5 Å². The number of morpholine rings is 1. The molecule has 3 aromatic rings. The van der Waals surface area contributed by atoms with Crippen molar-refractivity contribution in [3.8, 4) is 17.6 Å². The Bertz CT molecular complexity index is 1480. The summed E-state index contributed by atoms with van der Waals surface area (Å²) >= 11 is 0. The Morgan fingerprint density at radius 3 is 2.56 bits per heavy atom. The second kappa shape index (κ2) is 14.0. The molecule has 2 aromatic carbocycles. The third kappa shape index (κ3) is 7.47. The van der Waals surface area contributed by atoms with Crippen molar-refractivity contribution in [2.24, 2.45) is 5.41 Å². The molecule has 1 aromatic heterocycles. The van der Waals surface area contributed by atoms with Crippen LogP contribution in [0.4, 0.5) is 17.6 Å². The third-order valence-electron chi connectivity index (χ3n) is 8.71. The maximum Gasteiger partial charge on any atom is 0.174 e. The van der Waals surface area contributed by atoms with Crippen molar-refractivity contribution >= 4 is 10.9 Å². The predicted octanol–water partition coefficient (Wildman–Crippen LogP) is 5.41. The molecule has 1 atom stereocenters. The number of methoxy groups -OCH3 is 1. The van der Waals surface area contributed by atoms with Gasteiger partial charge >= 0.3 is 0 Å². The molecule has 6 nitrogen and oxygen atoms in total. The smallest absolute Gasteiger partial charge is 0.174 e. The van der Waals surface area contributed by atoms with Gasteiger partial charge in [0.05, 0.1) is 37.9 Å². The van der Waals surface area contributed by atoms with Crippen LogP contribution in [0.5, 0.6) is 5.75 Å². The molecule has 2 aliphatic rings. The number of piperidine rings is 1. The van der Waals surface area contributed by atoms with E-state index in [1.807, 2.05) is 23.1 Å². The van der Waals surface area contributed by atoms with E-state index in [0.29, 0.717) is 81.6 Å². The van der Waals surface area contributed by atoms with E-state index < -0.39 is 29.0 Å². The number of benzene rings is 2. The Kier molecular flexibility index (Phi) is 10.2. The first-order chi connectivity index (χ1) is 20.8. The van der Waals surface area contributed by atoms with Crippen LogP contribution in [0.2, 0.25) is 0 Å². The van der Waals surface area contributed by atoms with Gasteiger partial charge in [0, 0.05) is 49.5 Å². The molecule has 5 rings (SSSR count). The largest absolute Gasteiger partial charge is 0.497 e. The zero-order chi connectivity index (χ0) is 30.4. The number of aliphatic hydroxyl groups is 1. The van der Waals surface area contributed by atoms with Crippen LogP contribution < -0.4 is 4.74 Å². The van der Waals surface area contributed by atoms with Gasteiger partial charge < -0.3 is 14.6 Å². The van der Waals surface area contributed by atoms with E-state index in [9.17, 15) is 18.3 Å². The van der Waals surface area contributed by atoms with E-state index in [0.717, 1.165) is 30.1 Å². The summed E-state index contributed by atoms with van der Waals surface area (Å²) in [5, 5.41) is 11.1. The molecule has 2 aliphatic heterocycles. The van der Waals surface area contributed by atoms with Gasteiger partial charge in [-0.2, -0.15) is 0 Å². The number of rotatable bonds is 9. The average Bonchev–Trinajstić information content (AvgIpc) is 3.03. The van der Waals surface area contributed by atoms with E-state index in [2.05, 4.69) is 21.7 Å². The molecule has 0 bridgehead atoms. The average molecular weight is 600 g/mol. The second-order valence-electron chi connectivity index (χ2n) is 11.5. The Morgan fingerprint density at radius 1 is 1.07 bits per heavy atom. The van der Waals surface area contributed by atoms with Crippen molar-refractivity contribution < 1.29 is 32.1 Å². The number of alkyl halides is 1. The zero-order valence-corrected chi connectivity index (χ0v) is 24.4. The number of pyridine rings is 1. The lowest BCUT2D eigenvalue weighted by Crippen LogP contribution is -2.42. The topological polar surface area (TPSA) is 58.1 Å². The van der Waals surface area contributed by atoms with E-state index in [-0.39, 0.29) is 18.6 Å². The molecule has 230 valence electrons. The summed E-state index contributed by atoms with van der Waals surface area (Å²) < 4.78 is 68.1. The first-order valence-electron chi connectivity index (χ1n) is 14.7. The number of aromatic nitrogens is 1. The van der Waals surface area contributed by atoms with Crippen LogP contribution in [0.3, 0.4) is 0 Å². The summed E-state index contributed by atoms with van der Waals surface area (Å²) in [5.41, 5.74) is 1.42. The van der Waals surface area contributed by atoms with Gasteiger partial charge in [0.25, 0.3) is 0 Å². The Balaban J connectivity index is 1.26. The van der Waals surface area contributed by atoms with Crippen molar-refractivity contribution in [3.63, 3.8) is 0 Å². The number of hydrogen-bond donors (Lipinski definition) is 1. The van der Waals surface area contributed by atoms with Gasteiger partial charge in [0.2, 0.25) is 0 Å². The van der Waals surface area contributed by atoms with Gasteiger partial charge in [-0.3, -0.25) is 14.8 Å². The summed E-state index contributed by atoms with van der Waals surface area (Å²) in [6, 6.07) is 6.87. The number of likely N-dealkylation sites (tertiary alicyclic amines) is 1. The first-order valence-corrected chi connectivity index (χ1v) is 14.7. The van der Waals surface area contributed by atoms with Gasteiger partial charge in [-0.25, -0.2) is 17.6 Å². The Morgan fingerprint density at radius 2 is 1.84 bits per heavy atom. The number of ether oxygens (including phenoxy) is 2. The molecule has 10 heteroatoms. The molecule has 2 saturated heterocycles. The highest BCUT2D eigenvalue weighted by Gasteiger charge is 2.35. The van der Waals surface area contributed by atoms with Crippen LogP contribution in [0.25, 0.3) is 10.9 Å². The van der Waals surface area contributed by atoms with Gasteiger partial charge in [-0.15, -0.1) is 0 Å². The van der Waals surface area contributed by atoms with Crippen molar-refractivity contribution in [1.82, 2.24) is 14.8 Å². The molecule has 0 spiro atoms. The summed E-state index contributed by atoms with van der Waals surface area (Å²) in [6.07, 6.45) is 2.55. The lowest BCUT2D eigenvalue weighted by Gasteiger charge is -2.40. The van der Waals surface area contributed by atoms with Crippen LogP contribution in [-0.4, -0.2) is 79.5 Å². The molecule has 3 heterocycles. The lowest BCUT2D eigenvalue weighted by molar-refractivity contribution is 0.0323. The normalized spacial score (nSPS) is 18.3. The number of aliphatic hydroxyl groups excluding tert-OH is 1. The Labute approximate surface area is 249 Å². The SMILES string of the molecule is COc1ccc2ncc(CN3CCOCC3)c([C@@H](F)CCC3(CO)CCN(CC#Cc4cc(F)cc(F)c4F)CC3)c2c1. The number of hydrogen-bond acceptors (Lipinski definition) is 6. The van der Waals surface area contributed by atoms with Crippen LogP contribution in [0.15, 0.2) is 36.5 Å². The minimum Gasteiger partial charge on any atom is -0.497 e. The van der Waals surface area contributed by atoms with Crippen LogP contribution >= 0.6 is 0 Å². The summed E-state index contributed by atoms with van der Waals surface area (Å²) in [4.78, 5) is 8.91. The van der Waals surface area contributed by atoms with E-state index in [4.69, 9.17) is 9.47 Å². The highest BCUT2D eigenvalue weighted by Crippen LogP contribution is 2.41. The van der Waals surface area contributed by atoms with E-state index >= 15 is 4.39 Å². The van der Waals surface area contributed by atoms with Crippen molar-refractivity contribution in [3.05, 3.63) is 70.7 Å². The second-order valence-corrected chi connectivity index (χ2v) is 11.5. The standard InChI is InChI=1S/C33H37F4N3O3/c1-42-26-4-5-30-27(19-26)31(24(20-38-30)21-40-13-15-43-16-14-40)28(35)6-7-33(22-41)8-11-39(12-9-33)10-2-3-23-17-25(34)18-29(36)32(23)37/h4-5,17-20,28,41H,6-16,21-22H2,1H3/t28-/m0/s1. The molecule has 0 unspecified atom stereocenters. The minimum atomic E-state index is -1.27. The summed E-state index contributed by atoms with van der Waals surface area (Å²) in [7, 11) is 1.58. The van der Waals surface area contributed by atoms with E-state index in [1.54, 1.807) is 13.3 Å². The fraction of sp³-hybridized carbons (Fsp3) is 0.485. The maximum atomic E-state index is 16.4. The number of nitrogens with zero attached hydrogens (tertiary/aromatic N) is 3. The predicted molar refractivity (Wildman–Crippen MR) is 156 cm³/mol. The third-order valence-corrected chi connectivity index (χ3v) is 8.71. The molecule has 0 radical (unpaired) electrons. The van der Waals surface area contributed by atoms with Crippen LogP contribution in [0, 0.1) is 34.7 Å². The monoisotopic (exact) mass is 599 g/mol.